The molecule has 2 aromatic carbocycles. The molecule has 0 spiro atoms. The highest BCUT2D eigenvalue weighted by Crippen LogP contribution is 2.20. The van der Waals surface area contributed by atoms with Crippen LogP contribution in [0.4, 0.5) is 0 Å². The van der Waals surface area contributed by atoms with Gasteiger partial charge in [-0.2, -0.15) is 0 Å². The molecule has 0 aromatic heterocycles. The smallest absolute Gasteiger partial charge is 0.122 e. The monoisotopic (exact) mass is 299 g/mol. The SMILES string of the molecule is CCNCc1ccc(OCCOc2cccc(C)c2C)cc1. The van der Waals surface area contributed by atoms with Crippen molar-refractivity contribution in [3.05, 3.63) is 59.2 Å². The maximum absolute atomic E-state index is 5.78. The molecule has 3 heteroatoms. The van der Waals surface area contributed by atoms with Gasteiger partial charge in [-0.1, -0.05) is 31.2 Å². The lowest BCUT2D eigenvalue weighted by Gasteiger charge is -2.12. The molecular weight excluding hydrogens is 274 g/mol. The summed E-state index contributed by atoms with van der Waals surface area (Å²) in [6, 6.07) is 14.3. The molecule has 0 amide bonds. The molecule has 0 saturated heterocycles. The van der Waals surface area contributed by atoms with Crippen LogP contribution in [0.5, 0.6) is 11.5 Å². The topological polar surface area (TPSA) is 30.5 Å². The van der Waals surface area contributed by atoms with Gasteiger partial charge in [0, 0.05) is 6.54 Å². The molecule has 0 aliphatic rings. The molecule has 0 aliphatic heterocycles. The van der Waals surface area contributed by atoms with Crippen LogP contribution in [0.3, 0.4) is 0 Å². The van der Waals surface area contributed by atoms with Crippen molar-refractivity contribution in [1.29, 1.82) is 0 Å². The second kappa shape index (κ2) is 8.44. The van der Waals surface area contributed by atoms with Crippen molar-refractivity contribution in [2.45, 2.75) is 27.3 Å². The lowest BCUT2D eigenvalue weighted by molar-refractivity contribution is 0.216. The fraction of sp³-hybridized carbons (Fsp3) is 0.368. The largest absolute Gasteiger partial charge is 0.490 e. The number of aryl methyl sites for hydroxylation is 1. The van der Waals surface area contributed by atoms with E-state index in [0.29, 0.717) is 13.2 Å². The summed E-state index contributed by atoms with van der Waals surface area (Å²) in [7, 11) is 0. The van der Waals surface area contributed by atoms with Gasteiger partial charge in [0.2, 0.25) is 0 Å². The van der Waals surface area contributed by atoms with Crippen molar-refractivity contribution in [1.82, 2.24) is 5.32 Å². The van der Waals surface area contributed by atoms with E-state index < -0.39 is 0 Å². The Hall–Kier alpha value is -2.00. The highest BCUT2D eigenvalue weighted by molar-refractivity contribution is 5.38. The van der Waals surface area contributed by atoms with Gasteiger partial charge in [0.05, 0.1) is 0 Å². The average Bonchev–Trinajstić information content (AvgIpc) is 2.54. The average molecular weight is 299 g/mol. The first kappa shape index (κ1) is 16.4. The molecule has 3 nitrogen and oxygen atoms in total. The quantitative estimate of drug-likeness (QED) is 0.751. The van der Waals surface area contributed by atoms with Gasteiger partial charge in [0.15, 0.2) is 0 Å². The van der Waals surface area contributed by atoms with Crippen molar-refractivity contribution >= 4 is 0 Å². The van der Waals surface area contributed by atoms with Crippen molar-refractivity contribution in [2.24, 2.45) is 0 Å². The number of rotatable bonds is 8. The van der Waals surface area contributed by atoms with Crippen molar-refractivity contribution in [3.63, 3.8) is 0 Å². The number of benzene rings is 2. The van der Waals surface area contributed by atoms with Crippen molar-refractivity contribution in [2.75, 3.05) is 19.8 Å². The van der Waals surface area contributed by atoms with Gasteiger partial charge in [0.1, 0.15) is 24.7 Å². The number of ether oxygens (including phenoxy) is 2. The normalized spacial score (nSPS) is 10.5. The first-order chi connectivity index (χ1) is 10.7. The molecule has 0 atom stereocenters. The molecule has 0 bridgehead atoms. The minimum Gasteiger partial charge on any atom is -0.490 e. The van der Waals surface area contributed by atoms with Gasteiger partial charge in [-0.05, 0) is 55.3 Å². The Morgan fingerprint density at radius 3 is 2.36 bits per heavy atom. The van der Waals surface area contributed by atoms with Crippen LogP contribution in [-0.4, -0.2) is 19.8 Å². The zero-order valence-electron chi connectivity index (χ0n) is 13.7. The molecule has 1 N–H and O–H groups in total. The minimum absolute atomic E-state index is 0.542. The third-order valence-electron chi connectivity index (χ3n) is 3.67. The molecule has 118 valence electrons. The molecule has 0 unspecified atom stereocenters. The van der Waals surface area contributed by atoms with E-state index in [9.17, 15) is 0 Å². The van der Waals surface area contributed by atoms with E-state index in [4.69, 9.17) is 9.47 Å². The first-order valence-corrected chi connectivity index (χ1v) is 7.82. The van der Waals surface area contributed by atoms with E-state index in [0.717, 1.165) is 24.6 Å². The summed E-state index contributed by atoms with van der Waals surface area (Å²) in [6.45, 7) is 9.24. The van der Waals surface area contributed by atoms with E-state index in [1.807, 2.05) is 24.3 Å². The zero-order chi connectivity index (χ0) is 15.8. The lowest BCUT2D eigenvalue weighted by atomic mass is 10.1. The first-order valence-electron chi connectivity index (χ1n) is 7.82. The van der Waals surface area contributed by atoms with Crippen LogP contribution in [-0.2, 0) is 6.54 Å². The van der Waals surface area contributed by atoms with Gasteiger partial charge in [-0.15, -0.1) is 0 Å². The summed E-state index contributed by atoms with van der Waals surface area (Å²) in [5, 5.41) is 3.30. The fourth-order valence-corrected chi connectivity index (χ4v) is 2.16. The van der Waals surface area contributed by atoms with Crippen LogP contribution in [0.1, 0.15) is 23.6 Å². The molecular formula is C19H25NO2. The third-order valence-corrected chi connectivity index (χ3v) is 3.67. The van der Waals surface area contributed by atoms with Gasteiger partial charge < -0.3 is 14.8 Å². The Morgan fingerprint density at radius 2 is 1.64 bits per heavy atom. The molecule has 0 saturated carbocycles. The van der Waals surface area contributed by atoms with Crippen molar-refractivity contribution in [3.8, 4) is 11.5 Å². The van der Waals surface area contributed by atoms with Crippen LogP contribution in [0, 0.1) is 13.8 Å². The molecule has 0 fully saturated rings. The summed E-state index contributed by atoms with van der Waals surface area (Å²) in [6.07, 6.45) is 0. The predicted octanol–water partition coefficient (Wildman–Crippen LogP) is 3.87. The number of hydrogen-bond acceptors (Lipinski definition) is 3. The van der Waals surface area contributed by atoms with E-state index in [1.54, 1.807) is 0 Å². The highest BCUT2D eigenvalue weighted by atomic mass is 16.5. The van der Waals surface area contributed by atoms with E-state index in [1.165, 1.54) is 16.7 Å². The van der Waals surface area contributed by atoms with Gasteiger partial charge in [0.25, 0.3) is 0 Å². The van der Waals surface area contributed by atoms with Crippen LogP contribution in [0.25, 0.3) is 0 Å². The Kier molecular flexibility index (Phi) is 6.28. The Labute approximate surface area is 133 Å². The van der Waals surface area contributed by atoms with Gasteiger partial charge in [-0.25, -0.2) is 0 Å². The second-order valence-corrected chi connectivity index (χ2v) is 5.32. The molecule has 2 rings (SSSR count). The number of hydrogen-bond donors (Lipinski definition) is 1. The molecule has 0 aliphatic carbocycles. The van der Waals surface area contributed by atoms with Crippen LogP contribution in [0.2, 0.25) is 0 Å². The minimum atomic E-state index is 0.542. The maximum atomic E-state index is 5.78. The lowest BCUT2D eigenvalue weighted by Crippen LogP contribution is -2.12. The Morgan fingerprint density at radius 1 is 0.909 bits per heavy atom. The van der Waals surface area contributed by atoms with Crippen LogP contribution >= 0.6 is 0 Å². The van der Waals surface area contributed by atoms with Crippen molar-refractivity contribution < 1.29 is 9.47 Å². The summed E-state index contributed by atoms with van der Waals surface area (Å²) in [5.74, 6) is 1.81. The molecule has 2 aromatic rings. The van der Waals surface area contributed by atoms with Gasteiger partial charge >= 0.3 is 0 Å². The molecule has 0 radical (unpaired) electrons. The maximum Gasteiger partial charge on any atom is 0.122 e. The molecule has 22 heavy (non-hydrogen) atoms. The second-order valence-electron chi connectivity index (χ2n) is 5.32. The third kappa shape index (κ3) is 4.78. The summed E-state index contributed by atoms with van der Waals surface area (Å²) in [4.78, 5) is 0. The van der Waals surface area contributed by atoms with E-state index in [-0.39, 0.29) is 0 Å². The zero-order valence-corrected chi connectivity index (χ0v) is 13.7. The standard InChI is InChI=1S/C19H25NO2/c1-4-20-14-17-8-10-18(11-9-17)21-12-13-22-19-7-5-6-15(2)16(19)3/h5-11,20H,4,12-14H2,1-3H3. The van der Waals surface area contributed by atoms with Crippen LogP contribution in [0.15, 0.2) is 42.5 Å². The van der Waals surface area contributed by atoms with E-state index in [2.05, 4.69) is 44.3 Å². The van der Waals surface area contributed by atoms with Crippen LogP contribution < -0.4 is 14.8 Å². The summed E-state index contributed by atoms with van der Waals surface area (Å²) >= 11 is 0. The molecule has 0 heterocycles. The van der Waals surface area contributed by atoms with E-state index >= 15 is 0 Å². The summed E-state index contributed by atoms with van der Waals surface area (Å²) in [5.41, 5.74) is 3.70. The van der Waals surface area contributed by atoms with Gasteiger partial charge in [-0.3, -0.25) is 0 Å². The number of nitrogens with one attached hydrogen (secondary N) is 1. The predicted molar refractivity (Wildman–Crippen MR) is 90.7 cm³/mol. The summed E-state index contributed by atoms with van der Waals surface area (Å²) < 4.78 is 11.5. The Bertz CT molecular complexity index is 578. The fourth-order valence-electron chi connectivity index (χ4n) is 2.16. The Balaban J connectivity index is 1.75. The highest BCUT2D eigenvalue weighted by Gasteiger charge is 2.01.